The van der Waals surface area contributed by atoms with Gasteiger partial charge in [-0.25, -0.2) is 0 Å². The Labute approximate surface area is 157 Å². The number of carbonyl (C=O) groups excluding carboxylic acids is 1. The summed E-state index contributed by atoms with van der Waals surface area (Å²) in [6, 6.07) is 14.1. The SMILES string of the molecule is COc1cc(/C=C/C(=O)N[C@H](c2ccccc2)C(C)C)ccc1OC(F)F. The zero-order valence-electron chi connectivity index (χ0n) is 15.5. The highest BCUT2D eigenvalue weighted by molar-refractivity contribution is 5.92. The summed E-state index contributed by atoms with van der Waals surface area (Å²) in [6.45, 7) is 1.14. The van der Waals surface area contributed by atoms with Gasteiger partial charge in [-0.15, -0.1) is 0 Å². The molecule has 0 spiro atoms. The van der Waals surface area contributed by atoms with Crippen LogP contribution in [0, 0.1) is 5.92 Å². The molecule has 4 nitrogen and oxygen atoms in total. The van der Waals surface area contributed by atoms with Crippen LogP contribution in [0.5, 0.6) is 11.5 Å². The molecular formula is C21H23F2NO3. The molecule has 0 aliphatic rings. The van der Waals surface area contributed by atoms with E-state index in [1.807, 2.05) is 44.2 Å². The molecule has 2 aromatic carbocycles. The third-order valence-electron chi connectivity index (χ3n) is 3.95. The largest absolute Gasteiger partial charge is 0.493 e. The van der Waals surface area contributed by atoms with Gasteiger partial charge in [0.2, 0.25) is 5.91 Å². The fraction of sp³-hybridized carbons (Fsp3) is 0.286. The molecule has 27 heavy (non-hydrogen) atoms. The molecule has 2 rings (SSSR count). The van der Waals surface area contributed by atoms with Crippen molar-refractivity contribution < 1.29 is 23.0 Å². The number of benzene rings is 2. The van der Waals surface area contributed by atoms with Gasteiger partial charge >= 0.3 is 6.61 Å². The van der Waals surface area contributed by atoms with E-state index in [9.17, 15) is 13.6 Å². The minimum absolute atomic E-state index is 0.0574. The van der Waals surface area contributed by atoms with Crippen molar-refractivity contribution in [1.29, 1.82) is 0 Å². The summed E-state index contributed by atoms with van der Waals surface area (Å²) in [5.74, 6) is 0.0836. The van der Waals surface area contributed by atoms with E-state index in [4.69, 9.17) is 4.74 Å². The standard InChI is InChI=1S/C21H23F2NO3/c1-14(2)20(16-7-5-4-6-8-16)24-19(25)12-10-15-9-11-17(27-21(22)23)18(13-15)26-3/h4-14,20-21H,1-3H3,(H,24,25)/b12-10+/t20-/m0/s1. The predicted molar refractivity (Wildman–Crippen MR) is 101 cm³/mol. The molecule has 0 radical (unpaired) electrons. The summed E-state index contributed by atoms with van der Waals surface area (Å²) in [6.07, 6.45) is 2.99. The maximum Gasteiger partial charge on any atom is 0.387 e. The van der Waals surface area contributed by atoms with Crippen LogP contribution in [0.4, 0.5) is 8.78 Å². The third kappa shape index (κ3) is 6.09. The fourth-order valence-electron chi connectivity index (χ4n) is 2.65. The number of nitrogens with one attached hydrogen (secondary N) is 1. The summed E-state index contributed by atoms with van der Waals surface area (Å²) >= 11 is 0. The first-order valence-corrected chi connectivity index (χ1v) is 8.57. The Kier molecular flexibility index (Phi) is 7.34. The minimum Gasteiger partial charge on any atom is -0.493 e. The van der Waals surface area contributed by atoms with Gasteiger partial charge in [0.25, 0.3) is 0 Å². The van der Waals surface area contributed by atoms with E-state index in [1.165, 1.54) is 25.3 Å². The van der Waals surface area contributed by atoms with Crippen molar-refractivity contribution in [3.05, 3.63) is 65.7 Å². The molecule has 0 saturated carbocycles. The van der Waals surface area contributed by atoms with Gasteiger partial charge in [-0.05, 0) is 35.3 Å². The molecule has 0 heterocycles. The zero-order chi connectivity index (χ0) is 19.8. The van der Waals surface area contributed by atoms with Crippen molar-refractivity contribution in [2.75, 3.05) is 7.11 Å². The van der Waals surface area contributed by atoms with Gasteiger partial charge in [-0.2, -0.15) is 8.78 Å². The number of methoxy groups -OCH3 is 1. The lowest BCUT2D eigenvalue weighted by Gasteiger charge is -2.22. The number of amides is 1. The second kappa shape index (κ2) is 9.71. The first kappa shape index (κ1) is 20.4. The first-order valence-electron chi connectivity index (χ1n) is 8.57. The van der Waals surface area contributed by atoms with Crippen LogP contribution in [0.1, 0.15) is 31.0 Å². The van der Waals surface area contributed by atoms with Crippen molar-refractivity contribution in [2.24, 2.45) is 5.92 Å². The van der Waals surface area contributed by atoms with Gasteiger partial charge in [0.05, 0.1) is 13.2 Å². The van der Waals surface area contributed by atoms with E-state index in [0.717, 1.165) is 5.56 Å². The molecule has 1 atom stereocenters. The average molecular weight is 375 g/mol. The highest BCUT2D eigenvalue weighted by atomic mass is 19.3. The molecule has 1 N–H and O–H groups in total. The molecule has 1 amide bonds. The molecular weight excluding hydrogens is 352 g/mol. The highest BCUT2D eigenvalue weighted by Gasteiger charge is 2.17. The number of hydrogen-bond donors (Lipinski definition) is 1. The molecule has 0 bridgehead atoms. The maximum atomic E-state index is 12.4. The van der Waals surface area contributed by atoms with Gasteiger partial charge < -0.3 is 14.8 Å². The number of halogens is 2. The lowest BCUT2D eigenvalue weighted by atomic mass is 9.96. The predicted octanol–water partition coefficient (Wildman–Crippen LogP) is 4.82. The van der Waals surface area contributed by atoms with E-state index in [-0.39, 0.29) is 29.4 Å². The average Bonchev–Trinajstić information content (AvgIpc) is 2.65. The van der Waals surface area contributed by atoms with Crippen LogP contribution in [0.25, 0.3) is 6.08 Å². The van der Waals surface area contributed by atoms with Gasteiger partial charge in [0.1, 0.15) is 0 Å². The Bertz CT molecular complexity index is 776. The van der Waals surface area contributed by atoms with Crippen LogP contribution in [0.15, 0.2) is 54.6 Å². The summed E-state index contributed by atoms with van der Waals surface area (Å²) in [7, 11) is 1.36. The molecule has 144 valence electrons. The minimum atomic E-state index is -2.93. The molecule has 0 aromatic heterocycles. The van der Waals surface area contributed by atoms with E-state index < -0.39 is 6.61 Å². The lowest BCUT2D eigenvalue weighted by Crippen LogP contribution is -2.30. The number of rotatable bonds is 8. The molecule has 6 heteroatoms. The van der Waals surface area contributed by atoms with E-state index in [0.29, 0.717) is 5.56 Å². The second-order valence-electron chi connectivity index (χ2n) is 6.26. The van der Waals surface area contributed by atoms with Crippen LogP contribution in [-0.2, 0) is 4.79 Å². The van der Waals surface area contributed by atoms with Crippen molar-refractivity contribution >= 4 is 12.0 Å². The molecule has 0 aliphatic heterocycles. The summed E-state index contributed by atoms with van der Waals surface area (Å²) in [5, 5.41) is 2.99. The van der Waals surface area contributed by atoms with Crippen LogP contribution >= 0.6 is 0 Å². The Morgan fingerprint density at radius 1 is 1.07 bits per heavy atom. The monoisotopic (exact) mass is 375 g/mol. The third-order valence-corrected chi connectivity index (χ3v) is 3.95. The normalized spacial score (nSPS) is 12.4. The smallest absolute Gasteiger partial charge is 0.387 e. The van der Waals surface area contributed by atoms with Crippen LogP contribution in [-0.4, -0.2) is 19.6 Å². The van der Waals surface area contributed by atoms with E-state index in [2.05, 4.69) is 10.1 Å². The molecule has 0 unspecified atom stereocenters. The van der Waals surface area contributed by atoms with Crippen molar-refractivity contribution in [1.82, 2.24) is 5.32 Å². The molecule has 0 saturated heterocycles. The van der Waals surface area contributed by atoms with Crippen molar-refractivity contribution in [3.63, 3.8) is 0 Å². The number of hydrogen-bond acceptors (Lipinski definition) is 3. The number of carbonyl (C=O) groups is 1. The summed E-state index contributed by atoms with van der Waals surface area (Å²) in [4.78, 5) is 12.3. The maximum absolute atomic E-state index is 12.4. The second-order valence-corrected chi connectivity index (χ2v) is 6.26. The Hall–Kier alpha value is -2.89. The first-order chi connectivity index (χ1) is 12.9. The lowest BCUT2D eigenvalue weighted by molar-refractivity contribution is -0.117. The van der Waals surface area contributed by atoms with Crippen LogP contribution < -0.4 is 14.8 Å². The quantitative estimate of drug-likeness (QED) is 0.673. The zero-order valence-corrected chi connectivity index (χ0v) is 15.5. The number of ether oxygens (including phenoxy) is 2. The van der Waals surface area contributed by atoms with Crippen molar-refractivity contribution in [2.45, 2.75) is 26.5 Å². The van der Waals surface area contributed by atoms with Gasteiger partial charge in [-0.3, -0.25) is 4.79 Å². The Morgan fingerprint density at radius 2 is 1.78 bits per heavy atom. The number of alkyl halides is 2. The van der Waals surface area contributed by atoms with Crippen LogP contribution in [0.3, 0.4) is 0 Å². The Balaban J connectivity index is 2.09. The molecule has 2 aromatic rings. The van der Waals surface area contributed by atoms with Crippen molar-refractivity contribution in [3.8, 4) is 11.5 Å². The molecule has 0 fully saturated rings. The van der Waals surface area contributed by atoms with E-state index >= 15 is 0 Å². The van der Waals surface area contributed by atoms with Crippen LogP contribution in [0.2, 0.25) is 0 Å². The molecule has 0 aliphatic carbocycles. The summed E-state index contributed by atoms with van der Waals surface area (Å²) in [5.41, 5.74) is 1.66. The summed E-state index contributed by atoms with van der Waals surface area (Å²) < 4.78 is 34.2. The van der Waals surface area contributed by atoms with Gasteiger partial charge in [0.15, 0.2) is 11.5 Å². The Morgan fingerprint density at radius 3 is 2.37 bits per heavy atom. The van der Waals surface area contributed by atoms with Gasteiger partial charge in [0, 0.05) is 6.08 Å². The highest BCUT2D eigenvalue weighted by Crippen LogP contribution is 2.30. The van der Waals surface area contributed by atoms with Gasteiger partial charge in [-0.1, -0.05) is 50.2 Å². The topological polar surface area (TPSA) is 47.6 Å². The fourth-order valence-corrected chi connectivity index (χ4v) is 2.65. The van der Waals surface area contributed by atoms with E-state index in [1.54, 1.807) is 12.1 Å².